The van der Waals surface area contributed by atoms with Gasteiger partial charge in [-0.1, -0.05) is 10.3 Å². The second-order valence-corrected chi connectivity index (χ2v) is 10.1. The zero-order valence-electron chi connectivity index (χ0n) is 19.3. The van der Waals surface area contributed by atoms with Gasteiger partial charge in [-0.25, -0.2) is 9.97 Å². The molecule has 0 bridgehead atoms. The van der Waals surface area contributed by atoms with Crippen molar-refractivity contribution in [3.8, 4) is 17.1 Å². The first-order chi connectivity index (χ1) is 16.6. The van der Waals surface area contributed by atoms with Crippen LogP contribution in [0.5, 0.6) is 5.88 Å². The molecule has 4 aromatic heterocycles. The summed E-state index contributed by atoms with van der Waals surface area (Å²) in [7, 11) is -1.49. The van der Waals surface area contributed by atoms with Gasteiger partial charge in [0.05, 0.1) is 36.6 Å². The molecule has 9 nitrogen and oxygen atoms in total. The zero-order chi connectivity index (χ0) is 23.5. The highest BCUT2D eigenvalue weighted by atomic mass is 32.2. The Morgan fingerprint density at radius 1 is 1.06 bits per heavy atom. The number of nitrogens with zero attached hydrogens (tertiary/aromatic N) is 6. The molecular formula is C24H28N7O2S+. The van der Waals surface area contributed by atoms with Crippen LogP contribution in [0.1, 0.15) is 19.5 Å². The van der Waals surface area contributed by atoms with E-state index in [1.54, 1.807) is 12.4 Å². The van der Waals surface area contributed by atoms with Crippen LogP contribution in [0, 0.1) is 0 Å². The molecule has 0 aromatic carbocycles. The molecule has 0 spiro atoms. The van der Waals surface area contributed by atoms with Gasteiger partial charge >= 0.3 is 0 Å². The molecule has 5 heterocycles. The molecule has 0 saturated carbocycles. The number of pyridine rings is 3. The summed E-state index contributed by atoms with van der Waals surface area (Å²) in [4.78, 5) is 15.5. The molecule has 0 radical (unpaired) electrons. The second-order valence-electron chi connectivity index (χ2n) is 8.48. The fourth-order valence-electron chi connectivity index (χ4n) is 4.04. The topological polar surface area (TPSA) is 100 Å². The van der Waals surface area contributed by atoms with Crippen molar-refractivity contribution >= 4 is 27.7 Å². The summed E-state index contributed by atoms with van der Waals surface area (Å²) in [6, 6.07) is 11.7. The number of rotatable bonds is 7. The summed E-state index contributed by atoms with van der Waals surface area (Å²) in [5.41, 5.74) is 3.53. The van der Waals surface area contributed by atoms with Gasteiger partial charge in [0, 0.05) is 42.5 Å². The quantitative estimate of drug-likeness (QED) is 0.322. The number of aromatic nitrogens is 5. The lowest BCUT2D eigenvalue weighted by Crippen LogP contribution is -2.47. The Kier molecular flexibility index (Phi) is 6.50. The third-order valence-corrected chi connectivity index (χ3v) is 7.34. The number of hydrogen-bond donors (Lipinski definition) is 1. The van der Waals surface area contributed by atoms with Crippen LogP contribution in [0.25, 0.3) is 22.2 Å². The van der Waals surface area contributed by atoms with Gasteiger partial charge in [0.15, 0.2) is 16.7 Å². The largest absolute Gasteiger partial charge is 0.475 e. The Hall–Kier alpha value is -3.37. The Morgan fingerprint density at radius 3 is 2.68 bits per heavy atom. The molecule has 1 aliphatic heterocycles. The number of nitrogens with one attached hydrogen (secondary N) is 1. The second kappa shape index (κ2) is 9.86. The first-order valence-electron chi connectivity index (χ1n) is 11.4. The fourth-order valence-corrected chi connectivity index (χ4v) is 5.33. The van der Waals surface area contributed by atoms with Crippen molar-refractivity contribution in [1.82, 2.24) is 29.5 Å². The summed E-state index contributed by atoms with van der Waals surface area (Å²) in [6.07, 6.45) is 5.35. The van der Waals surface area contributed by atoms with Gasteiger partial charge in [0.1, 0.15) is 11.5 Å². The molecular weight excluding hydrogens is 450 g/mol. The fraction of sp³-hybridized carbons (Fsp3) is 0.333. The summed E-state index contributed by atoms with van der Waals surface area (Å²) < 4.78 is 20.6. The van der Waals surface area contributed by atoms with Gasteiger partial charge in [-0.05, 0) is 38.1 Å². The van der Waals surface area contributed by atoms with Gasteiger partial charge in [-0.15, -0.1) is 4.31 Å². The van der Waals surface area contributed by atoms with Gasteiger partial charge in [0.25, 0.3) is 0 Å². The molecule has 5 rings (SSSR count). The van der Waals surface area contributed by atoms with Gasteiger partial charge < -0.3 is 9.64 Å². The summed E-state index contributed by atoms with van der Waals surface area (Å²) in [6.45, 7) is 6.92. The van der Waals surface area contributed by atoms with E-state index in [0.29, 0.717) is 11.6 Å². The lowest BCUT2D eigenvalue weighted by molar-refractivity contribution is 0.233. The molecule has 1 atom stereocenters. The SMILES string of the molecule is CC(C)Oc1cc2c(-c3ccnc(N4CCN([SH+](=O)Cc5ccccn5)CC4)c3)n[nH]c2cn1. The maximum atomic E-state index is 12.8. The van der Waals surface area contributed by atoms with Crippen molar-refractivity contribution in [2.75, 3.05) is 31.1 Å². The summed E-state index contributed by atoms with van der Waals surface area (Å²) in [5.74, 6) is 1.95. The van der Waals surface area contributed by atoms with Crippen LogP contribution >= 0.6 is 0 Å². The molecule has 1 aliphatic rings. The summed E-state index contributed by atoms with van der Waals surface area (Å²) in [5, 5.41) is 8.54. The van der Waals surface area contributed by atoms with Crippen molar-refractivity contribution < 1.29 is 8.95 Å². The molecule has 0 aliphatic carbocycles. The van der Waals surface area contributed by atoms with E-state index in [1.807, 2.05) is 50.4 Å². The Morgan fingerprint density at radius 2 is 1.91 bits per heavy atom. The highest BCUT2D eigenvalue weighted by Gasteiger charge is 2.26. The molecule has 176 valence electrons. The van der Waals surface area contributed by atoms with E-state index in [2.05, 4.69) is 40.4 Å². The van der Waals surface area contributed by atoms with Gasteiger partial charge in [-0.2, -0.15) is 5.10 Å². The normalized spacial score (nSPS) is 15.7. The Balaban J connectivity index is 1.29. The number of thiol groups is 1. The highest BCUT2D eigenvalue weighted by Crippen LogP contribution is 2.30. The average Bonchev–Trinajstić information content (AvgIpc) is 3.28. The van der Waals surface area contributed by atoms with E-state index in [-0.39, 0.29) is 6.10 Å². The average molecular weight is 479 g/mol. The van der Waals surface area contributed by atoms with E-state index >= 15 is 0 Å². The number of aromatic amines is 1. The minimum absolute atomic E-state index is 0.0469. The molecule has 0 amide bonds. The van der Waals surface area contributed by atoms with Crippen LogP contribution < -0.4 is 9.64 Å². The number of fused-ring (bicyclic) bond motifs is 1. The smallest absolute Gasteiger partial charge is 0.214 e. The predicted molar refractivity (Wildman–Crippen MR) is 134 cm³/mol. The number of piperazine rings is 1. The molecule has 1 saturated heterocycles. The number of anilines is 1. The van der Waals surface area contributed by atoms with E-state index in [1.165, 1.54) is 0 Å². The van der Waals surface area contributed by atoms with E-state index in [0.717, 1.165) is 59.9 Å². The third-order valence-electron chi connectivity index (χ3n) is 5.72. The Bertz CT molecular complexity index is 1290. The first-order valence-corrected chi connectivity index (χ1v) is 12.8. The highest BCUT2D eigenvalue weighted by molar-refractivity contribution is 7.81. The molecule has 1 N–H and O–H groups in total. The lowest BCUT2D eigenvalue weighted by Gasteiger charge is -2.31. The van der Waals surface area contributed by atoms with Crippen molar-refractivity contribution in [2.45, 2.75) is 25.7 Å². The minimum Gasteiger partial charge on any atom is -0.475 e. The van der Waals surface area contributed by atoms with E-state index < -0.39 is 11.0 Å². The first kappa shape index (κ1) is 22.4. The van der Waals surface area contributed by atoms with Gasteiger partial charge in [0.2, 0.25) is 5.88 Å². The van der Waals surface area contributed by atoms with Crippen LogP contribution in [-0.4, -0.2) is 61.7 Å². The molecule has 1 unspecified atom stereocenters. The van der Waals surface area contributed by atoms with Crippen molar-refractivity contribution in [3.63, 3.8) is 0 Å². The van der Waals surface area contributed by atoms with Crippen molar-refractivity contribution in [2.24, 2.45) is 0 Å². The van der Waals surface area contributed by atoms with Crippen LogP contribution in [0.15, 0.2) is 55.0 Å². The third kappa shape index (κ3) is 4.92. The van der Waals surface area contributed by atoms with Crippen molar-refractivity contribution in [3.05, 3.63) is 60.7 Å². The number of H-pyrrole nitrogens is 1. The van der Waals surface area contributed by atoms with E-state index in [4.69, 9.17) is 4.74 Å². The lowest BCUT2D eigenvalue weighted by atomic mass is 10.1. The van der Waals surface area contributed by atoms with Crippen LogP contribution in [-0.2, 0) is 20.9 Å². The molecule has 4 aromatic rings. The zero-order valence-corrected chi connectivity index (χ0v) is 20.2. The molecule has 34 heavy (non-hydrogen) atoms. The maximum Gasteiger partial charge on any atom is 0.214 e. The molecule has 10 heteroatoms. The number of ether oxygens (including phenoxy) is 1. The number of hydrogen-bond acceptors (Lipinski definition) is 7. The molecule has 1 fully saturated rings. The summed E-state index contributed by atoms with van der Waals surface area (Å²) >= 11 is 0. The minimum atomic E-state index is -1.49. The standard InChI is InChI=1S/C24H27N7O2S/c1-17(2)33-23-14-20-21(15-27-23)28-29-24(20)18-6-8-26-22(13-18)30-9-11-31(12-10-30)34(32)16-19-5-3-4-7-25-19/h3-8,13-15,17H,9-12,16H2,1-2H3,(H,28,29)/p+1. The maximum absolute atomic E-state index is 12.8. The Labute approximate surface area is 200 Å². The predicted octanol–water partition coefficient (Wildman–Crippen LogP) is 3.14. The van der Waals surface area contributed by atoms with Crippen LogP contribution in [0.3, 0.4) is 0 Å². The van der Waals surface area contributed by atoms with Crippen molar-refractivity contribution in [1.29, 1.82) is 0 Å². The van der Waals surface area contributed by atoms with Crippen LogP contribution in [0.2, 0.25) is 0 Å². The van der Waals surface area contributed by atoms with E-state index in [9.17, 15) is 4.21 Å². The monoisotopic (exact) mass is 478 g/mol. The van der Waals surface area contributed by atoms with Gasteiger partial charge in [-0.3, -0.25) is 10.1 Å². The van der Waals surface area contributed by atoms with Crippen LogP contribution in [0.4, 0.5) is 5.82 Å².